The van der Waals surface area contributed by atoms with Crippen molar-refractivity contribution in [1.29, 1.82) is 0 Å². The van der Waals surface area contributed by atoms with Crippen molar-refractivity contribution in [3.8, 4) is 11.5 Å². The van der Waals surface area contributed by atoms with Crippen LogP contribution < -0.4 is 14.8 Å². The van der Waals surface area contributed by atoms with Crippen molar-refractivity contribution in [2.24, 2.45) is 0 Å². The number of carbonyl (C=O) groups is 1. The fourth-order valence-corrected chi connectivity index (χ4v) is 2.21. The minimum Gasteiger partial charge on any atom is -0.486 e. The van der Waals surface area contributed by atoms with Crippen LogP contribution in [-0.4, -0.2) is 51.6 Å². The second-order valence-electron chi connectivity index (χ2n) is 4.61. The standard InChI is InChI=1S/C14H17NO5/c16-14(15-8-10-9-17-4-5-18-10)11-2-1-3-12-13(11)20-7-6-19-12/h1-3,10H,4-9H2,(H,15,16)/t10-/m0/s1. The zero-order valence-corrected chi connectivity index (χ0v) is 11.1. The van der Waals surface area contributed by atoms with E-state index in [1.807, 2.05) is 0 Å². The van der Waals surface area contributed by atoms with E-state index in [-0.39, 0.29) is 12.0 Å². The molecule has 0 radical (unpaired) electrons. The van der Waals surface area contributed by atoms with Crippen LogP contribution in [0, 0.1) is 0 Å². The van der Waals surface area contributed by atoms with Gasteiger partial charge in [-0.15, -0.1) is 0 Å². The molecule has 1 aromatic rings. The molecule has 0 unspecified atom stereocenters. The number of para-hydroxylation sites is 1. The van der Waals surface area contributed by atoms with Crippen molar-refractivity contribution in [2.75, 3.05) is 39.6 Å². The van der Waals surface area contributed by atoms with Gasteiger partial charge in [0.1, 0.15) is 13.2 Å². The molecule has 0 spiro atoms. The Hall–Kier alpha value is -1.79. The third-order valence-corrected chi connectivity index (χ3v) is 3.19. The number of hydrogen-bond acceptors (Lipinski definition) is 5. The second kappa shape index (κ2) is 6.11. The van der Waals surface area contributed by atoms with Crippen molar-refractivity contribution in [1.82, 2.24) is 5.32 Å². The van der Waals surface area contributed by atoms with E-state index in [0.29, 0.717) is 56.6 Å². The van der Waals surface area contributed by atoms with Gasteiger partial charge in [0.2, 0.25) is 0 Å². The van der Waals surface area contributed by atoms with Crippen LogP contribution in [0.2, 0.25) is 0 Å². The lowest BCUT2D eigenvalue weighted by Gasteiger charge is -2.24. The largest absolute Gasteiger partial charge is 0.486 e. The van der Waals surface area contributed by atoms with E-state index in [1.165, 1.54) is 0 Å². The molecule has 2 aliphatic rings. The molecule has 6 heteroatoms. The van der Waals surface area contributed by atoms with Gasteiger partial charge < -0.3 is 24.3 Å². The molecule has 2 heterocycles. The predicted octanol–water partition coefficient (Wildman–Crippen LogP) is 0.603. The number of rotatable bonds is 3. The summed E-state index contributed by atoms with van der Waals surface area (Å²) in [4.78, 5) is 12.2. The Balaban J connectivity index is 1.64. The Morgan fingerprint density at radius 2 is 2.10 bits per heavy atom. The summed E-state index contributed by atoms with van der Waals surface area (Å²) in [6, 6.07) is 5.30. The van der Waals surface area contributed by atoms with Gasteiger partial charge in [0, 0.05) is 6.54 Å². The van der Waals surface area contributed by atoms with Crippen molar-refractivity contribution in [3.63, 3.8) is 0 Å². The van der Waals surface area contributed by atoms with Gasteiger partial charge in [-0.1, -0.05) is 6.07 Å². The van der Waals surface area contributed by atoms with Gasteiger partial charge in [0.15, 0.2) is 11.5 Å². The molecule has 0 bridgehead atoms. The third-order valence-electron chi connectivity index (χ3n) is 3.19. The smallest absolute Gasteiger partial charge is 0.255 e. The van der Waals surface area contributed by atoms with E-state index in [0.717, 1.165) is 0 Å². The summed E-state index contributed by atoms with van der Waals surface area (Å²) < 4.78 is 21.8. The van der Waals surface area contributed by atoms with Crippen LogP contribution in [0.15, 0.2) is 18.2 Å². The number of carbonyl (C=O) groups excluding carboxylic acids is 1. The molecule has 1 saturated heterocycles. The molecule has 1 N–H and O–H groups in total. The molecule has 0 aliphatic carbocycles. The quantitative estimate of drug-likeness (QED) is 0.878. The maximum Gasteiger partial charge on any atom is 0.255 e. The number of hydrogen-bond donors (Lipinski definition) is 1. The van der Waals surface area contributed by atoms with Crippen LogP contribution in [0.1, 0.15) is 10.4 Å². The molecular weight excluding hydrogens is 262 g/mol. The Bertz CT molecular complexity index is 484. The third kappa shape index (κ3) is 2.86. The van der Waals surface area contributed by atoms with Crippen LogP contribution in [0.5, 0.6) is 11.5 Å². The highest BCUT2D eigenvalue weighted by Crippen LogP contribution is 2.33. The number of fused-ring (bicyclic) bond motifs is 1. The number of ether oxygens (including phenoxy) is 4. The second-order valence-corrected chi connectivity index (χ2v) is 4.61. The molecule has 1 amide bonds. The van der Waals surface area contributed by atoms with Crippen LogP contribution in [0.3, 0.4) is 0 Å². The monoisotopic (exact) mass is 279 g/mol. The van der Waals surface area contributed by atoms with Gasteiger partial charge in [-0.3, -0.25) is 4.79 Å². The molecule has 20 heavy (non-hydrogen) atoms. The molecule has 1 fully saturated rings. The van der Waals surface area contributed by atoms with Crippen molar-refractivity contribution in [3.05, 3.63) is 23.8 Å². The SMILES string of the molecule is O=C(NC[C@H]1COCCO1)c1cccc2c1OCCO2. The summed E-state index contributed by atoms with van der Waals surface area (Å²) in [5.41, 5.74) is 0.485. The molecule has 6 nitrogen and oxygen atoms in total. The normalized spacial score (nSPS) is 21.3. The van der Waals surface area contributed by atoms with Gasteiger partial charge in [-0.2, -0.15) is 0 Å². The lowest BCUT2D eigenvalue weighted by atomic mass is 10.1. The Morgan fingerprint density at radius 3 is 2.95 bits per heavy atom. The maximum absolute atomic E-state index is 12.2. The lowest BCUT2D eigenvalue weighted by Crippen LogP contribution is -2.39. The Morgan fingerprint density at radius 1 is 1.20 bits per heavy atom. The summed E-state index contributed by atoms with van der Waals surface area (Å²) >= 11 is 0. The minimum absolute atomic E-state index is 0.0931. The van der Waals surface area contributed by atoms with E-state index < -0.39 is 0 Å². The van der Waals surface area contributed by atoms with Crippen LogP contribution in [0.4, 0.5) is 0 Å². The summed E-state index contributed by atoms with van der Waals surface area (Å²) in [6.45, 7) is 3.07. The van der Waals surface area contributed by atoms with E-state index in [2.05, 4.69) is 5.32 Å². The van der Waals surface area contributed by atoms with Gasteiger partial charge in [0.25, 0.3) is 5.91 Å². The maximum atomic E-state index is 12.2. The molecule has 0 aromatic heterocycles. The molecule has 1 aromatic carbocycles. The van der Waals surface area contributed by atoms with Gasteiger partial charge in [0.05, 0.1) is 31.5 Å². The average Bonchev–Trinajstić information content (AvgIpc) is 2.53. The first-order chi connectivity index (χ1) is 9.84. The fourth-order valence-electron chi connectivity index (χ4n) is 2.21. The van der Waals surface area contributed by atoms with Crippen LogP contribution in [-0.2, 0) is 9.47 Å². The predicted molar refractivity (Wildman–Crippen MR) is 70.3 cm³/mol. The zero-order chi connectivity index (χ0) is 13.8. The average molecular weight is 279 g/mol. The molecule has 1 atom stereocenters. The van der Waals surface area contributed by atoms with Crippen molar-refractivity contribution in [2.45, 2.75) is 6.10 Å². The van der Waals surface area contributed by atoms with Crippen molar-refractivity contribution >= 4 is 5.91 Å². The molecular formula is C14H17NO5. The number of benzene rings is 1. The summed E-state index contributed by atoms with van der Waals surface area (Å²) in [5.74, 6) is 0.930. The highest BCUT2D eigenvalue weighted by Gasteiger charge is 2.21. The highest BCUT2D eigenvalue weighted by atomic mass is 16.6. The van der Waals surface area contributed by atoms with Crippen LogP contribution in [0.25, 0.3) is 0 Å². The molecule has 0 saturated carbocycles. The lowest BCUT2D eigenvalue weighted by molar-refractivity contribution is -0.0855. The van der Waals surface area contributed by atoms with E-state index in [9.17, 15) is 4.79 Å². The highest BCUT2D eigenvalue weighted by molar-refractivity contribution is 5.97. The van der Waals surface area contributed by atoms with E-state index in [4.69, 9.17) is 18.9 Å². The van der Waals surface area contributed by atoms with E-state index in [1.54, 1.807) is 18.2 Å². The molecule has 3 rings (SSSR count). The first-order valence-corrected chi connectivity index (χ1v) is 6.71. The minimum atomic E-state index is -0.193. The Kier molecular flexibility index (Phi) is 4.03. The van der Waals surface area contributed by atoms with E-state index >= 15 is 0 Å². The topological polar surface area (TPSA) is 66.0 Å². The molecule has 2 aliphatic heterocycles. The van der Waals surface area contributed by atoms with Crippen molar-refractivity contribution < 1.29 is 23.7 Å². The first kappa shape index (κ1) is 13.2. The summed E-state index contributed by atoms with van der Waals surface area (Å²) in [7, 11) is 0. The Labute approximate surface area is 117 Å². The van der Waals surface area contributed by atoms with Gasteiger partial charge in [-0.05, 0) is 12.1 Å². The summed E-state index contributed by atoms with van der Waals surface area (Å²) in [6.07, 6.45) is -0.0931. The van der Waals surface area contributed by atoms with Gasteiger partial charge in [-0.25, -0.2) is 0 Å². The fraction of sp³-hybridized carbons (Fsp3) is 0.500. The summed E-state index contributed by atoms with van der Waals surface area (Å²) in [5, 5.41) is 2.84. The van der Waals surface area contributed by atoms with Gasteiger partial charge >= 0.3 is 0 Å². The van der Waals surface area contributed by atoms with Crippen LogP contribution >= 0.6 is 0 Å². The number of nitrogens with one attached hydrogen (secondary N) is 1. The number of amides is 1. The zero-order valence-electron chi connectivity index (χ0n) is 11.1. The molecule has 108 valence electrons. The first-order valence-electron chi connectivity index (χ1n) is 6.71.